The molecule has 0 bridgehead atoms. The Labute approximate surface area is 212 Å². The predicted molar refractivity (Wildman–Crippen MR) is 139 cm³/mol. The monoisotopic (exact) mass is 484 g/mol. The summed E-state index contributed by atoms with van der Waals surface area (Å²) >= 11 is 0. The van der Waals surface area contributed by atoms with Gasteiger partial charge in [0, 0.05) is 11.0 Å². The van der Waals surface area contributed by atoms with Gasteiger partial charge >= 0.3 is 11.9 Å². The Morgan fingerprint density at radius 2 is 1.17 bits per heavy atom. The third-order valence-electron chi connectivity index (χ3n) is 6.55. The molecule has 186 valence electrons. The van der Waals surface area contributed by atoms with Gasteiger partial charge in [-0.2, -0.15) is 0 Å². The van der Waals surface area contributed by atoms with Crippen LogP contribution in [0.25, 0.3) is 0 Å². The van der Waals surface area contributed by atoms with Crippen LogP contribution >= 0.6 is 0 Å². The van der Waals surface area contributed by atoms with E-state index >= 15 is 0 Å². The van der Waals surface area contributed by atoms with Gasteiger partial charge in [-0.1, -0.05) is 64.8 Å². The van der Waals surface area contributed by atoms with Gasteiger partial charge in [0.25, 0.3) is 0 Å². The van der Waals surface area contributed by atoms with Crippen molar-refractivity contribution in [3.05, 3.63) is 94.0 Å². The molecular weight excluding hydrogens is 452 g/mol. The fourth-order valence-corrected chi connectivity index (χ4v) is 4.58. The van der Waals surface area contributed by atoms with Crippen LogP contribution in [0.2, 0.25) is 0 Å². The first-order valence-corrected chi connectivity index (χ1v) is 12.6. The molecular formula is C31H32O5. The normalized spacial score (nSPS) is 13.8. The van der Waals surface area contributed by atoms with E-state index in [1.54, 1.807) is 30.3 Å². The lowest BCUT2D eigenvalue weighted by atomic mass is 9.89. The molecule has 0 amide bonds. The summed E-state index contributed by atoms with van der Waals surface area (Å²) in [6.45, 7) is 7.89. The molecule has 0 radical (unpaired) electrons. The number of carbonyl (C=O) groups is 3. The molecule has 0 spiro atoms. The predicted octanol–water partition coefficient (Wildman–Crippen LogP) is 6.80. The largest absolute Gasteiger partial charge is 0.423 e. The molecule has 0 heterocycles. The molecule has 0 saturated heterocycles. The summed E-state index contributed by atoms with van der Waals surface area (Å²) in [5, 5.41) is 0. The van der Waals surface area contributed by atoms with E-state index in [4.69, 9.17) is 9.47 Å². The van der Waals surface area contributed by atoms with E-state index in [0.717, 1.165) is 36.8 Å². The van der Waals surface area contributed by atoms with Crippen LogP contribution in [-0.4, -0.2) is 17.7 Å². The van der Waals surface area contributed by atoms with Crippen LogP contribution in [0, 0.1) is 5.41 Å². The fourth-order valence-electron chi connectivity index (χ4n) is 4.58. The summed E-state index contributed by atoms with van der Waals surface area (Å²) < 4.78 is 11.4. The van der Waals surface area contributed by atoms with Crippen LogP contribution < -0.4 is 9.47 Å². The lowest BCUT2D eigenvalue weighted by molar-refractivity contribution is 0.0716. The van der Waals surface area contributed by atoms with Crippen LogP contribution in [0.15, 0.2) is 60.7 Å². The first-order valence-electron chi connectivity index (χ1n) is 12.6. The number of hydrogen-bond donors (Lipinski definition) is 0. The third kappa shape index (κ3) is 5.25. The van der Waals surface area contributed by atoms with Crippen molar-refractivity contribution in [2.24, 2.45) is 5.41 Å². The molecule has 0 atom stereocenters. The molecule has 0 aliphatic heterocycles. The summed E-state index contributed by atoms with van der Waals surface area (Å²) in [6.07, 6.45) is 4.32. The molecule has 0 saturated carbocycles. The van der Waals surface area contributed by atoms with Crippen LogP contribution in [0.5, 0.6) is 11.5 Å². The number of rotatable bonds is 8. The van der Waals surface area contributed by atoms with E-state index in [2.05, 4.69) is 13.8 Å². The Kier molecular flexibility index (Phi) is 7.39. The van der Waals surface area contributed by atoms with Crippen LogP contribution in [0.3, 0.4) is 0 Å². The molecule has 3 aromatic rings. The molecule has 0 unspecified atom stereocenters. The van der Waals surface area contributed by atoms with Crippen molar-refractivity contribution < 1.29 is 23.9 Å². The second kappa shape index (κ2) is 10.5. The van der Waals surface area contributed by atoms with Gasteiger partial charge in [-0.05, 0) is 66.8 Å². The Balaban J connectivity index is 1.59. The lowest BCUT2D eigenvalue weighted by Crippen LogP contribution is -2.20. The van der Waals surface area contributed by atoms with Gasteiger partial charge in [-0.3, -0.25) is 4.79 Å². The molecule has 0 aromatic heterocycles. The van der Waals surface area contributed by atoms with E-state index in [9.17, 15) is 14.4 Å². The van der Waals surface area contributed by atoms with Gasteiger partial charge in [0.1, 0.15) is 11.5 Å². The zero-order valence-electron chi connectivity index (χ0n) is 21.4. The highest BCUT2D eigenvalue weighted by atomic mass is 16.5. The Hall–Kier alpha value is -3.73. The zero-order valence-corrected chi connectivity index (χ0v) is 21.4. The third-order valence-corrected chi connectivity index (χ3v) is 6.55. The Morgan fingerprint density at radius 1 is 0.722 bits per heavy atom. The van der Waals surface area contributed by atoms with E-state index in [1.807, 2.05) is 38.1 Å². The number of benzene rings is 3. The molecule has 36 heavy (non-hydrogen) atoms. The minimum absolute atomic E-state index is 0.139. The molecule has 4 rings (SSSR count). The molecule has 0 N–H and O–H groups in total. The van der Waals surface area contributed by atoms with Crippen LogP contribution in [0.4, 0.5) is 0 Å². The molecule has 5 heteroatoms. The van der Waals surface area contributed by atoms with Gasteiger partial charge in [0.2, 0.25) is 0 Å². The maximum Gasteiger partial charge on any atom is 0.343 e. The second-order valence-corrected chi connectivity index (χ2v) is 9.98. The van der Waals surface area contributed by atoms with E-state index < -0.39 is 17.4 Å². The van der Waals surface area contributed by atoms with Crippen molar-refractivity contribution in [3.63, 3.8) is 0 Å². The maximum absolute atomic E-state index is 13.2. The number of fused-ring (bicyclic) bond motifs is 1. The summed E-state index contributed by atoms with van der Waals surface area (Å²) in [4.78, 5) is 39.0. The van der Waals surface area contributed by atoms with Crippen LogP contribution in [-0.2, 0) is 19.3 Å². The smallest absolute Gasteiger partial charge is 0.343 e. The quantitative estimate of drug-likeness (QED) is 0.260. The van der Waals surface area contributed by atoms with E-state index in [0.29, 0.717) is 34.4 Å². The number of hydrogen-bond acceptors (Lipinski definition) is 5. The average molecular weight is 485 g/mol. The zero-order chi connectivity index (χ0) is 25.9. The fraction of sp³-hybridized carbons (Fsp3) is 0.323. The van der Waals surface area contributed by atoms with Crippen molar-refractivity contribution in [2.45, 2.75) is 59.8 Å². The SMILES string of the molecule is CCCc1ccc(C(=O)Oc2ccc(OC(=O)c3ccc(CCC)cc3)c3c2CC(C)(C)C3=O)cc1. The standard InChI is InChI=1S/C31H32O5/c1-5-7-20-9-13-22(14-10-20)29(33)35-25-17-18-26(27-24(25)19-31(3,4)28(27)32)36-30(34)23-15-11-21(8-6-2)12-16-23/h9-18H,5-8,19H2,1-4H3. The van der Waals surface area contributed by atoms with Crippen molar-refractivity contribution in [3.8, 4) is 11.5 Å². The topological polar surface area (TPSA) is 69.7 Å². The number of ether oxygens (including phenoxy) is 2. The van der Waals surface area contributed by atoms with Gasteiger partial charge in [-0.25, -0.2) is 9.59 Å². The Bertz CT molecular complexity index is 1280. The highest BCUT2D eigenvalue weighted by Crippen LogP contribution is 2.45. The summed E-state index contributed by atoms with van der Waals surface area (Å²) in [7, 11) is 0. The minimum Gasteiger partial charge on any atom is -0.423 e. The van der Waals surface area contributed by atoms with Crippen molar-refractivity contribution in [2.75, 3.05) is 0 Å². The summed E-state index contributed by atoms with van der Waals surface area (Å²) in [5.74, 6) is -0.661. The maximum atomic E-state index is 13.2. The van der Waals surface area contributed by atoms with E-state index in [-0.39, 0.29) is 11.5 Å². The molecule has 1 aliphatic rings. The van der Waals surface area contributed by atoms with Gasteiger partial charge in [-0.15, -0.1) is 0 Å². The molecule has 0 fully saturated rings. The molecule has 5 nitrogen and oxygen atoms in total. The number of aryl methyl sites for hydroxylation is 2. The van der Waals surface area contributed by atoms with Gasteiger partial charge in [0.05, 0.1) is 16.7 Å². The minimum atomic E-state index is -0.699. The lowest BCUT2D eigenvalue weighted by Gasteiger charge is -2.13. The summed E-state index contributed by atoms with van der Waals surface area (Å²) in [6, 6.07) is 17.8. The highest BCUT2D eigenvalue weighted by molar-refractivity contribution is 6.08. The summed E-state index contributed by atoms with van der Waals surface area (Å²) in [5.41, 5.74) is 3.36. The number of esters is 2. The molecule has 1 aliphatic carbocycles. The highest BCUT2D eigenvalue weighted by Gasteiger charge is 2.42. The van der Waals surface area contributed by atoms with Crippen molar-refractivity contribution in [1.29, 1.82) is 0 Å². The number of ketones is 1. The second-order valence-electron chi connectivity index (χ2n) is 9.98. The van der Waals surface area contributed by atoms with Gasteiger partial charge in [0.15, 0.2) is 5.78 Å². The first-order chi connectivity index (χ1) is 17.2. The van der Waals surface area contributed by atoms with Gasteiger partial charge < -0.3 is 9.47 Å². The first kappa shape index (κ1) is 25.4. The Morgan fingerprint density at radius 3 is 1.64 bits per heavy atom. The average Bonchev–Trinajstić information content (AvgIpc) is 3.11. The molecule has 3 aromatic carbocycles. The van der Waals surface area contributed by atoms with E-state index in [1.165, 1.54) is 6.07 Å². The van der Waals surface area contributed by atoms with Crippen molar-refractivity contribution >= 4 is 17.7 Å². The van der Waals surface area contributed by atoms with Crippen LogP contribution in [0.1, 0.15) is 88.3 Å². The van der Waals surface area contributed by atoms with Crippen molar-refractivity contribution in [1.82, 2.24) is 0 Å². The number of carbonyl (C=O) groups excluding carboxylic acids is 3. The number of Topliss-reactive ketones (excluding diaryl/α,β-unsaturated/α-hetero) is 1.